The molecule has 4 nitrogen and oxygen atoms in total. The van der Waals surface area contributed by atoms with Crippen LogP contribution in [-0.2, 0) is 0 Å². The summed E-state index contributed by atoms with van der Waals surface area (Å²) in [5.41, 5.74) is 0. The molecule has 0 aromatic heterocycles. The Bertz CT molecular complexity index is 270. The molecule has 2 unspecified atom stereocenters. The number of piperazine rings is 1. The standard InChI is InChI=1S/C13H26N4/c1-10-12-9-16(2)5-3-13(12)15-8-11-7-14-4-6-17(10)11/h10-15H,3-9H2,1-2H3/t10-,11?,12-,13?/m0/s1. The van der Waals surface area contributed by atoms with Gasteiger partial charge < -0.3 is 15.5 Å². The van der Waals surface area contributed by atoms with Crippen molar-refractivity contribution in [1.29, 1.82) is 0 Å². The van der Waals surface area contributed by atoms with E-state index in [0.29, 0.717) is 6.04 Å². The third kappa shape index (κ3) is 2.24. The van der Waals surface area contributed by atoms with Crippen LogP contribution in [-0.4, -0.2) is 74.2 Å². The molecular formula is C13H26N4. The molecule has 0 aliphatic carbocycles. The normalized spacial score (nSPS) is 44.8. The SMILES string of the molecule is C[C@H]1[C@@H]2CN(C)CCC2NCC2CNCCN21. The zero-order valence-corrected chi connectivity index (χ0v) is 11.2. The first-order valence-corrected chi connectivity index (χ1v) is 7.14. The molecule has 2 N–H and O–H groups in total. The zero-order chi connectivity index (χ0) is 11.8. The highest BCUT2D eigenvalue weighted by Crippen LogP contribution is 2.27. The summed E-state index contributed by atoms with van der Waals surface area (Å²) in [6.07, 6.45) is 1.32. The summed E-state index contributed by atoms with van der Waals surface area (Å²) in [5.74, 6) is 0.803. The predicted molar refractivity (Wildman–Crippen MR) is 70.2 cm³/mol. The van der Waals surface area contributed by atoms with Gasteiger partial charge in [-0.2, -0.15) is 0 Å². The second-order valence-corrected chi connectivity index (χ2v) is 6.07. The van der Waals surface area contributed by atoms with E-state index in [2.05, 4.69) is 34.4 Å². The molecule has 4 atom stereocenters. The van der Waals surface area contributed by atoms with Crippen molar-refractivity contribution in [3.63, 3.8) is 0 Å². The van der Waals surface area contributed by atoms with Crippen molar-refractivity contribution < 1.29 is 0 Å². The van der Waals surface area contributed by atoms with E-state index < -0.39 is 0 Å². The van der Waals surface area contributed by atoms with Crippen LogP contribution in [0.5, 0.6) is 0 Å². The second kappa shape index (κ2) is 4.84. The van der Waals surface area contributed by atoms with Crippen molar-refractivity contribution in [2.45, 2.75) is 31.5 Å². The topological polar surface area (TPSA) is 30.5 Å². The Morgan fingerprint density at radius 2 is 2.06 bits per heavy atom. The number of nitrogens with zero attached hydrogens (tertiary/aromatic N) is 2. The third-order valence-electron chi connectivity index (χ3n) is 5.02. The van der Waals surface area contributed by atoms with Gasteiger partial charge in [0, 0.05) is 56.8 Å². The summed E-state index contributed by atoms with van der Waals surface area (Å²) in [4.78, 5) is 5.25. The van der Waals surface area contributed by atoms with Crippen molar-refractivity contribution in [3.05, 3.63) is 0 Å². The number of rotatable bonds is 0. The van der Waals surface area contributed by atoms with Gasteiger partial charge >= 0.3 is 0 Å². The molecule has 0 amide bonds. The van der Waals surface area contributed by atoms with Crippen LogP contribution >= 0.6 is 0 Å². The van der Waals surface area contributed by atoms with E-state index in [0.717, 1.165) is 31.1 Å². The quantitative estimate of drug-likeness (QED) is 0.600. The molecule has 17 heavy (non-hydrogen) atoms. The molecule has 0 aromatic carbocycles. The highest BCUT2D eigenvalue weighted by molar-refractivity contribution is 4.98. The van der Waals surface area contributed by atoms with Crippen molar-refractivity contribution in [2.75, 3.05) is 46.3 Å². The van der Waals surface area contributed by atoms with Gasteiger partial charge in [0.05, 0.1) is 0 Å². The Morgan fingerprint density at radius 1 is 1.18 bits per heavy atom. The summed E-state index contributed by atoms with van der Waals surface area (Å²) >= 11 is 0. The van der Waals surface area contributed by atoms with Crippen molar-refractivity contribution in [2.24, 2.45) is 5.92 Å². The van der Waals surface area contributed by atoms with E-state index in [1.165, 1.54) is 32.6 Å². The van der Waals surface area contributed by atoms with E-state index in [1.54, 1.807) is 0 Å². The lowest BCUT2D eigenvalue weighted by Crippen LogP contribution is -2.57. The molecule has 0 bridgehead atoms. The van der Waals surface area contributed by atoms with Crippen LogP contribution in [0, 0.1) is 5.92 Å². The molecule has 0 saturated carbocycles. The largest absolute Gasteiger partial charge is 0.314 e. The van der Waals surface area contributed by atoms with Gasteiger partial charge in [-0.25, -0.2) is 0 Å². The van der Waals surface area contributed by atoms with Gasteiger partial charge in [-0.3, -0.25) is 4.90 Å². The minimum atomic E-state index is 0.703. The van der Waals surface area contributed by atoms with Gasteiger partial charge in [0.25, 0.3) is 0 Å². The fourth-order valence-electron chi connectivity index (χ4n) is 3.93. The molecule has 4 heteroatoms. The maximum absolute atomic E-state index is 3.83. The van der Waals surface area contributed by atoms with Crippen LogP contribution in [0.1, 0.15) is 13.3 Å². The molecule has 3 aliphatic rings. The van der Waals surface area contributed by atoms with Gasteiger partial charge in [-0.1, -0.05) is 0 Å². The molecule has 3 heterocycles. The predicted octanol–water partition coefficient (Wildman–Crippen LogP) is -0.428. The summed E-state index contributed by atoms with van der Waals surface area (Å²) in [6.45, 7) is 9.67. The molecule has 3 fully saturated rings. The van der Waals surface area contributed by atoms with Crippen LogP contribution < -0.4 is 10.6 Å². The van der Waals surface area contributed by atoms with Crippen molar-refractivity contribution in [3.8, 4) is 0 Å². The number of nitrogens with one attached hydrogen (secondary N) is 2. The van der Waals surface area contributed by atoms with Crippen LogP contribution in [0.15, 0.2) is 0 Å². The first-order chi connectivity index (χ1) is 8.25. The van der Waals surface area contributed by atoms with Gasteiger partial charge in [-0.05, 0) is 26.9 Å². The maximum Gasteiger partial charge on any atom is 0.0348 e. The second-order valence-electron chi connectivity index (χ2n) is 6.07. The van der Waals surface area contributed by atoms with Gasteiger partial charge in [0.15, 0.2) is 0 Å². The first-order valence-electron chi connectivity index (χ1n) is 7.14. The minimum Gasteiger partial charge on any atom is -0.314 e. The summed E-state index contributed by atoms with van der Waals surface area (Å²) in [6, 6.07) is 2.17. The monoisotopic (exact) mass is 238 g/mol. The average Bonchev–Trinajstić information content (AvgIpc) is 2.49. The lowest BCUT2D eigenvalue weighted by atomic mass is 9.86. The number of piperidine rings is 1. The van der Waals surface area contributed by atoms with E-state index >= 15 is 0 Å². The lowest BCUT2D eigenvalue weighted by molar-refractivity contribution is 0.0656. The highest BCUT2D eigenvalue weighted by atomic mass is 15.3. The van der Waals surface area contributed by atoms with Crippen LogP contribution in [0.3, 0.4) is 0 Å². The molecule has 98 valence electrons. The molecule has 3 aliphatic heterocycles. The van der Waals surface area contributed by atoms with Crippen molar-refractivity contribution >= 4 is 0 Å². The molecule has 0 aromatic rings. The number of hydrogen-bond donors (Lipinski definition) is 2. The maximum atomic E-state index is 3.83. The van der Waals surface area contributed by atoms with Gasteiger partial charge in [0.2, 0.25) is 0 Å². The molecule has 3 rings (SSSR count). The summed E-state index contributed by atoms with van der Waals surface area (Å²) < 4.78 is 0. The van der Waals surface area contributed by atoms with Crippen LogP contribution in [0.25, 0.3) is 0 Å². The Kier molecular flexibility index (Phi) is 3.39. The van der Waals surface area contributed by atoms with E-state index in [4.69, 9.17) is 0 Å². The average molecular weight is 238 g/mol. The Hall–Kier alpha value is -0.160. The van der Waals surface area contributed by atoms with Gasteiger partial charge in [0.1, 0.15) is 0 Å². The Labute approximate surface area is 105 Å². The summed E-state index contributed by atoms with van der Waals surface area (Å²) in [7, 11) is 2.27. The van der Waals surface area contributed by atoms with E-state index in [-0.39, 0.29) is 0 Å². The van der Waals surface area contributed by atoms with Crippen molar-refractivity contribution in [1.82, 2.24) is 20.4 Å². The number of hydrogen-bond acceptors (Lipinski definition) is 4. The third-order valence-corrected chi connectivity index (χ3v) is 5.02. The van der Waals surface area contributed by atoms with E-state index in [9.17, 15) is 0 Å². The zero-order valence-electron chi connectivity index (χ0n) is 11.2. The smallest absolute Gasteiger partial charge is 0.0348 e. The fourth-order valence-corrected chi connectivity index (χ4v) is 3.93. The van der Waals surface area contributed by atoms with Gasteiger partial charge in [-0.15, -0.1) is 0 Å². The van der Waals surface area contributed by atoms with Crippen LogP contribution in [0.2, 0.25) is 0 Å². The fraction of sp³-hybridized carbons (Fsp3) is 1.00. The number of likely N-dealkylation sites (tertiary alicyclic amines) is 1. The molecule has 0 spiro atoms. The lowest BCUT2D eigenvalue weighted by Gasteiger charge is -2.44. The molecule has 3 saturated heterocycles. The Balaban J connectivity index is 1.78. The van der Waals surface area contributed by atoms with Crippen LogP contribution in [0.4, 0.5) is 0 Å². The highest BCUT2D eigenvalue weighted by Gasteiger charge is 2.40. The number of fused-ring (bicyclic) bond motifs is 2. The first kappa shape index (κ1) is 11.9. The summed E-state index contributed by atoms with van der Waals surface area (Å²) in [5, 5.41) is 7.36. The van der Waals surface area contributed by atoms with E-state index in [1.807, 2.05) is 0 Å². The molecule has 0 radical (unpaired) electrons. The Morgan fingerprint density at radius 3 is 2.94 bits per heavy atom. The molecular weight excluding hydrogens is 212 g/mol. The minimum absolute atomic E-state index is 0.703.